The Labute approximate surface area is 157 Å². The molecule has 0 bridgehead atoms. The van der Waals surface area contributed by atoms with Gasteiger partial charge >= 0.3 is 158 Å². The van der Waals surface area contributed by atoms with E-state index in [0.717, 1.165) is 0 Å². The Morgan fingerprint density at radius 3 is 1.79 bits per heavy atom. The number of hydrogen-bond donors (Lipinski definition) is 0. The second kappa shape index (κ2) is 8.51. The van der Waals surface area contributed by atoms with E-state index >= 15 is 0 Å². The molecular formula is C22H20Se2. The fourth-order valence-electron chi connectivity index (χ4n) is 2.23. The summed E-state index contributed by atoms with van der Waals surface area (Å²) in [5.41, 5.74) is 4.00. The fraction of sp³-hybridized carbons (Fsp3) is 0.0909. The van der Waals surface area contributed by atoms with Crippen LogP contribution in [0.2, 0.25) is 0 Å². The molecule has 3 aromatic carbocycles. The van der Waals surface area contributed by atoms with E-state index in [2.05, 4.69) is 97.7 Å². The molecule has 0 atom stereocenters. The molecule has 2 heteroatoms. The first-order valence-electron chi connectivity index (χ1n) is 7.94. The quantitative estimate of drug-likeness (QED) is 0.530. The average Bonchev–Trinajstić information content (AvgIpc) is 2.62. The van der Waals surface area contributed by atoms with Crippen molar-refractivity contribution in [1.82, 2.24) is 0 Å². The second-order valence-corrected chi connectivity index (χ2v) is 10.0. The minimum absolute atomic E-state index is 0.335. The predicted octanol–water partition coefficient (Wildman–Crippen LogP) is 3.66. The van der Waals surface area contributed by atoms with Gasteiger partial charge in [-0.05, 0) is 0 Å². The molecule has 0 amide bonds. The van der Waals surface area contributed by atoms with Gasteiger partial charge < -0.3 is 0 Å². The van der Waals surface area contributed by atoms with Crippen LogP contribution in [0.15, 0.2) is 83.8 Å². The summed E-state index contributed by atoms with van der Waals surface area (Å²) in [6, 6.07) is 28.7. The SMILES string of the molecule is Cc1ccc([Se]/C=C(/[Se]c2ccc(C)cc2)c2ccccc2)cc1. The van der Waals surface area contributed by atoms with E-state index in [-0.39, 0.29) is 0 Å². The van der Waals surface area contributed by atoms with Crippen molar-refractivity contribution in [3.63, 3.8) is 0 Å². The molecule has 3 rings (SSSR count). The van der Waals surface area contributed by atoms with Crippen LogP contribution >= 0.6 is 0 Å². The van der Waals surface area contributed by atoms with Gasteiger partial charge in [0, 0.05) is 0 Å². The van der Waals surface area contributed by atoms with Gasteiger partial charge in [-0.1, -0.05) is 0 Å². The molecule has 0 saturated carbocycles. The molecule has 0 radical (unpaired) electrons. The molecule has 0 aliphatic heterocycles. The van der Waals surface area contributed by atoms with Crippen molar-refractivity contribution < 1.29 is 0 Å². The van der Waals surface area contributed by atoms with Crippen molar-refractivity contribution in [3.8, 4) is 0 Å². The molecule has 0 heterocycles. The van der Waals surface area contributed by atoms with Crippen LogP contribution < -0.4 is 8.92 Å². The fourth-order valence-corrected chi connectivity index (χ4v) is 6.42. The number of rotatable bonds is 5. The summed E-state index contributed by atoms with van der Waals surface area (Å²) in [6.07, 6.45) is 0. The number of hydrogen-bond acceptors (Lipinski definition) is 0. The van der Waals surface area contributed by atoms with Gasteiger partial charge in [-0.15, -0.1) is 0 Å². The topological polar surface area (TPSA) is 0 Å². The van der Waals surface area contributed by atoms with Gasteiger partial charge in [0.1, 0.15) is 0 Å². The molecule has 0 unspecified atom stereocenters. The van der Waals surface area contributed by atoms with Crippen LogP contribution in [0.4, 0.5) is 0 Å². The van der Waals surface area contributed by atoms with Crippen LogP contribution in [0.3, 0.4) is 0 Å². The number of aryl methyl sites for hydroxylation is 2. The summed E-state index contributed by atoms with van der Waals surface area (Å²) in [7, 11) is 0. The van der Waals surface area contributed by atoms with Gasteiger partial charge in [0.05, 0.1) is 0 Å². The van der Waals surface area contributed by atoms with Gasteiger partial charge in [0.25, 0.3) is 0 Å². The van der Waals surface area contributed by atoms with E-state index in [0.29, 0.717) is 29.9 Å². The van der Waals surface area contributed by atoms with E-state index in [9.17, 15) is 0 Å². The summed E-state index contributed by atoms with van der Waals surface area (Å²) in [5.74, 6) is 0. The molecule has 0 aliphatic rings. The molecule has 0 nitrogen and oxygen atoms in total. The Kier molecular flexibility index (Phi) is 6.12. The molecule has 3 aromatic rings. The van der Waals surface area contributed by atoms with Crippen molar-refractivity contribution >= 4 is 43.3 Å². The van der Waals surface area contributed by atoms with Crippen LogP contribution in [-0.2, 0) is 0 Å². The molecule has 0 saturated heterocycles. The first-order valence-corrected chi connectivity index (χ1v) is 11.5. The Hall–Kier alpha value is -1.56. The van der Waals surface area contributed by atoms with E-state index < -0.39 is 0 Å². The van der Waals surface area contributed by atoms with E-state index in [4.69, 9.17) is 0 Å². The Morgan fingerprint density at radius 2 is 1.21 bits per heavy atom. The monoisotopic (exact) mass is 444 g/mol. The third kappa shape index (κ3) is 4.97. The molecule has 24 heavy (non-hydrogen) atoms. The third-order valence-corrected chi connectivity index (χ3v) is 8.54. The standard InChI is InChI=1S/C22H20Se2/c1-17-8-12-20(13-9-17)23-16-22(19-6-4-3-5-7-19)24-21-14-10-18(2)11-15-21/h3-16H,1-2H3/b22-16+. The molecular weight excluding hydrogens is 422 g/mol. The van der Waals surface area contributed by atoms with Crippen molar-refractivity contribution in [2.24, 2.45) is 0 Å². The van der Waals surface area contributed by atoms with Gasteiger partial charge in [-0.2, -0.15) is 0 Å². The zero-order valence-corrected chi connectivity index (χ0v) is 17.3. The normalized spacial score (nSPS) is 11.5. The first-order chi connectivity index (χ1) is 11.7. The van der Waals surface area contributed by atoms with E-state index in [1.807, 2.05) is 0 Å². The van der Waals surface area contributed by atoms with Crippen molar-refractivity contribution in [1.29, 1.82) is 0 Å². The minimum atomic E-state index is 0.335. The van der Waals surface area contributed by atoms with Crippen LogP contribution in [0.5, 0.6) is 0 Å². The van der Waals surface area contributed by atoms with Gasteiger partial charge in [-0.3, -0.25) is 0 Å². The summed E-state index contributed by atoms with van der Waals surface area (Å²) in [6.45, 7) is 4.29. The Morgan fingerprint density at radius 1 is 0.667 bits per heavy atom. The maximum atomic E-state index is 2.47. The zero-order valence-electron chi connectivity index (χ0n) is 13.9. The summed E-state index contributed by atoms with van der Waals surface area (Å²) < 4.78 is 4.34. The van der Waals surface area contributed by atoms with Gasteiger partial charge in [0.15, 0.2) is 0 Å². The Balaban J connectivity index is 1.85. The van der Waals surface area contributed by atoms with Crippen LogP contribution in [0.25, 0.3) is 4.47 Å². The van der Waals surface area contributed by atoms with Gasteiger partial charge in [-0.25, -0.2) is 0 Å². The van der Waals surface area contributed by atoms with E-state index in [1.54, 1.807) is 0 Å². The summed E-state index contributed by atoms with van der Waals surface area (Å²) in [5, 5.41) is 0. The molecule has 0 N–H and O–H groups in total. The van der Waals surface area contributed by atoms with Crippen LogP contribution in [0.1, 0.15) is 16.7 Å². The van der Waals surface area contributed by atoms with Crippen molar-refractivity contribution in [2.75, 3.05) is 0 Å². The van der Waals surface area contributed by atoms with Crippen molar-refractivity contribution in [2.45, 2.75) is 13.8 Å². The first kappa shape index (κ1) is 17.3. The molecule has 0 aromatic heterocycles. The van der Waals surface area contributed by atoms with E-state index in [1.165, 1.54) is 30.1 Å². The van der Waals surface area contributed by atoms with Crippen molar-refractivity contribution in [3.05, 3.63) is 101 Å². The third-order valence-electron chi connectivity index (χ3n) is 3.63. The molecule has 0 aliphatic carbocycles. The van der Waals surface area contributed by atoms with Gasteiger partial charge in [0.2, 0.25) is 0 Å². The summed E-state index contributed by atoms with van der Waals surface area (Å²) >= 11 is 0.701. The molecule has 0 fully saturated rings. The molecule has 120 valence electrons. The Bertz CT molecular complexity index is 801. The molecule has 0 spiro atoms. The number of benzene rings is 3. The van der Waals surface area contributed by atoms with Crippen LogP contribution in [0, 0.1) is 13.8 Å². The zero-order chi connectivity index (χ0) is 16.8. The predicted molar refractivity (Wildman–Crippen MR) is 108 cm³/mol. The van der Waals surface area contributed by atoms with Crippen LogP contribution in [-0.4, -0.2) is 29.9 Å². The average molecular weight is 442 g/mol. The summed E-state index contributed by atoms with van der Waals surface area (Å²) in [4.78, 5) is 2.47. The maximum absolute atomic E-state index is 2.47. The second-order valence-electron chi connectivity index (χ2n) is 5.69.